The molecule has 1 saturated heterocycles. The zero-order chi connectivity index (χ0) is 18.4. The van der Waals surface area contributed by atoms with Gasteiger partial charge < -0.3 is 20.3 Å². The predicted octanol–water partition coefficient (Wildman–Crippen LogP) is 2.64. The number of anilines is 1. The number of likely N-dealkylation sites (tertiary alicyclic amines) is 1. The van der Waals surface area contributed by atoms with Crippen molar-refractivity contribution in [2.45, 2.75) is 52.1 Å². The molecule has 0 unspecified atom stereocenters. The molecule has 0 spiro atoms. The summed E-state index contributed by atoms with van der Waals surface area (Å²) in [5.74, 6) is -0.183. The first kappa shape index (κ1) is 19.0. The first-order valence-corrected chi connectivity index (χ1v) is 8.75. The van der Waals surface area contributed by atoms with E-state index in [0.29, 0.717) is 38.2 Å². The highest BCUT2D eigenvalue weighted by Crippen LogP contribution is 2.15. The van der Waals surface area contributed by atoms with Crippen LogP contribution in [0.2, 0.25) is 0 Å². The number of amides is 2. The maximum atomic E-state index is 12.3. The topological polar surface area (TPSA) is 83.6 Å². The van der Waals surface area contributed by atoms with Crippen LogP contribution in [-0.4, -0.2) is 53.2 Å². The van der Waals surface area contributed by atoms with Crippen LogP contribution in [0, 0.1) is 0 Å². The molecule has 1 aromatic rings. The van der Waals surface area contributed by atoms with Crippen molar-refractivity contribution >= 4 is 17.7 Å². The number of pyridine rings is 1. The van der Waals surface area contributed by atoms with Gasteiger partial charge in [0.2, 0.25) is 0 Å². The first-order chi connectivity index (χ1) is 11.8. The van der Waals surface area contributed by atoms with E-state index in [2.05, 4.69) is 36.4 Å². The van der Waals surface area contributed by atoms with Gasteiger partial charge in [-0.3, -0.25) is 4.79 Å². The Bertz CT molecular complexity index is 587. The molecule has 138 valence electrons. The summed E-state index contributed by atoms with van der Waals surface area (Å²) in [5, 5.41) is 6.30. The Morgan fingerprint density at radius 2 is 1.96 bits per heavy atom. The quantitative estimate of drug-likeness (QED) is 0.874. The molecule has 25 heavy (non-hydrogen) atoms. The van der Waals surface area contributed by atoms with Gasteiger partial charge in [0.15, 0.2) is 0 Å². The van der Waals surface area contributed by atoms with Crippen LogP contribution in [0.3, 0.4) is 0 Å². The number of aromatic nitrogens is 1. The molecule has 1 fully saturated rings. The summed E-state index contributed by atoms with van der Waals surface area (Å²) in [4.78, 5) is 29.9. The zero-order valence-electron chi connectivity index (χ0n) is 15.5. The van der Waals surface area contributed by atoms with E-state index < -0.39 is 0 Å². The molecule has 2 rings (SSSR count). The van der Waals surface area contributed by atoms with Gasteiger partial charge in [0.25, 0.3) is 5.91 Å². The van der Waals surface area contributed by atoms with Crippen LogP contribution in [0.5, 0.6) is 0 Å². The molecule has 7 nitrogen and oxygen atoms in total. The minimum absolute atomic E-state index is 0.0485. The minimum Gasteiger partial charge on any atom is -0.450 e. The Morgan fingerprint density at radius 1 is 1.28 bits per heavy atom. The number of piperidine rings is 1. The molecule has 2 amide bonds. The van der Waals surface area contributed by atoms with E-state index in [-0.39, 0.29) is 23.6 Å². The van der Waals surface area contributed by atoms with Gasteiger partial charge in [-0.1, -0.05) is 0 Å². The van der Waals surface area contributed by atoms with Crippen molar-refractivity contribution in [3.8, 4) is 0 Å². The standard InChI is InChI=1S/C18H28N4O3/c1-5-25-17(24)22-10-8-13(9-11-22)20-16(23)15-7-6-14(12-19-15)21-18(2,3)4/h6-7,12-13,21H,5,8-11H2,1-4H3,(H,20,23). The molecule has 0 radical (unpaired) electrons. The fraction of sp³-hybridized carbons (Fsp3) is 0.611. The van der Waals surface area contributed by atoms with Gasteiger partial charge in [-0.25, -0.2) is 9.78 Å². The molecule has 1 aromatic heterocycles. The predicted molar refractivity (Wildman–Crippen MR) is 96.7 cm³/mol. The molecule has 0 bridgehead atoms. The van der Waals surface area contributed by atoms with Crippen molar-refractivity contribution in [2.24, 2.45) is 0 Å². The third kappa shape index (κ3) is 5.92. The van der Waals surface area contributed by atoms with Crippen LogP contribution in [0.15, 0.2) is 18.3 Å². The van der Waals surface area contributed by atoms with Crippen LogP contribution in [0.1, 0.15) is 51.0 Å². The number of carbonyl (C=O) groups excluding carboxylic acids is 2. The lowest BCUT2D eigenvalue weighted by Crippen LogP contribution is -2.46. The maximum Gasteiger partial charge on any atom is 0.409 e. The fourth-order valence-electron chi connectivity index (χ4n) is 2.72. The molecule has 0 atom stereocenters. The van der Waals surface area contributed by atoms with Gasteiger partial charge in [-0.05, 0) is 52.7 Å². The third-order valence-corrected chi connectivity index (χ3v) is 3.87. The summed E-state index contributed by atoms with van der Waals surface area (Å²) >= 11 is 0. The number of carbonyl (C=O) groups is 2. The Hall–Kier alpha value is -2.31. The highest BCUT2D eigenvalue weighted by molar-refractivity contribution is 5.92. The maximum absolute atomic E-state index is 12.3. The van der Waals surface area contributed by atoms with Crippen molar-refractivity contribution in [1.82, 2.24) is 15.2 Å². The summed E-state index contributed by atoms with van der Waals surface area (Å²) in [5.41, 5.74) is 1.22. The Labute approximate surface area is 149 Å². The molecular weight excluding hydrogens is 320 g/mol. The Kier molecular flexibility index (Phi) is 6.22. The van der Waals surface area contributed by atoms with Gasteiger partial charge >= 0.3 is 6.09 Å². The number of nitrogens with zero attached hydrogens (tertiary/aromatic N) is 2. The van der Waals surface area contributed by atoms with E-state index in [9.17, 15) is 9.59 Å². The van der Waals surface area contributed by atoms with Gasteiger partial charge in [-0.15, -0.1) is 0 Å². The van der Waals surface area contributed by atoms with E-state index in [4.69, 9.17) is 4.74 Å². The lowest BCUT2D eigenvalue weighted by atomic mass is 10.1. The second-order valence-corrected chi connectivity index (χ2v) is 7.24. The molecule has 1 aliphatic heterocycles. The minimum atomic E-state index is -0.282. The molecular formula is C18H28N4O3. The number of nitrogens with one attached hydrogen (secondary N) is 2. The van der Waals surface area contributed by atoms with Crippen molar-refractivity contribution < 1.29 is 14.3 Å². The van der Waals surface area contributed by atoms with E-state index in [1.165, 1.54) is 0 Å². The van der Waals surface area contributed by atoms with Gasteiger partial charge in [-0.2, -0.15) is 0 Å². The average Bonchev–Trinajstić information content (AvgIpc) is 2.55. The molecule has 0 aliphatic carbocycles. The van der Waals surface area contributed by atoms with Crippen LogP contribution in [0.4, 0.5) is 10.5 Å². The summed E-state index contributed by atoms with van der Waals surface area (Å²) in [6, 6.07) is 3.63. The number of rotatable bonds is 4. The van der Waals surface area contributed by atoms with Gasteiger partial charge in [0, 0.05) is 24.7 Å². The Morgan fingerprint density at radius 3 is 2.48 bits per heavy atom. The molecule has 0 saturated carbocycles. The highest BCUT2D eigenvalue weighted by Gasteiger charge is 2.25. The van der Waals surface area contributed by atoms with Crippen LogP contribution in [0.25, 0.3) is 0 Å². The fourth-order valence-corrected chi connectivity index (χ4v) is 2.72. The molecule has 7 heteroatoms. The van der Waals surface area contributed by atoms with Crippen LogP contribution < -0.4 is 10.6 Å². The average molecular weight is 348 g/mol. The summed E-state index contributed by atoms with van der Waals surface area (Å²) < 4.78 is 5.00. The number of hydrogen-bond donors (Lipinski definition) is 2. The lowest BCUT2D eigenvalue weighted by Gasteiger charge is -2.31. The molecule has 2 heterocycles. The molecule has 2 N–H and O–H groups in total. The Balaban J connectivity index is 1.83. The van der Waals surface area contributed by atoms with Crippen molar-refractivity contribution in [1.29, 1.82) is 0 Å². The highest BCUT2D eigenvalue weighted by atomic mass is 16.6. The van der Waals surface area contributed by atoms with Crippen LogP contribution in [-0.2, 0) is 4.74 Å². The van der Waals surface area contributed by atoms with E-state index in [0.717, 1.165) is 5.69 Å². The van der Waals surface area contributed by atoms with Crippen molar-refractivity contribution in [3.63, 3.8) is 0 Å². The summed E-state index contributed by atoms with van der Waals surface area (Å²) in [6.07, 6.45) is 2.82. The monoisotopic (exact) mass is 348 g/mol. The molecule has 1 aliphatic rings. The lowest BCUT2D eigenvalue weighted by molar-refractivity contribution is 0.0856. The number of ether oxygens (including phenoxy) is 1. The largest absolute Gasteiger partial charge is 0.450 e. The first-order valence-electron chi connectivity index (χ1n) is 8.75. The zero-order valence-corrected chi connectivity index (χ0v) is 15.5. The van der Waals surface area contributed by atoms with E-state index >= 15 is 0 Å². The van der Waals surface area contributed by atoms with Crippen molar-refractivity contribution in [3.05, 3.63) is 24.0 Å². The smallest absolute Gasteiger partial charge is 0.409 e. The van der Waals surface area contributed by atoms with E-state index in [1.807, 2.05) is 6.07 Å². The number of hydrogen-bond acceptors (Lipinski definition) is 5. The van der Waals surface area contributed by atoms with Crippen molar-refractivity contribution in [2.75, 3.05) is 25.0 Å². The molecule has 0 aromatic carbocycles. The van der Waals surface area contributed by atoms with E-state index in [1.54, 1.807) is 24.1 Å². The van der Waals surface area contributed by atoms with Crippen LogP contribution >= 0.6 is 0 Å². The second kappa shape index (κ2) is 8.18. The third-order valence-electron chi connectivity index (χ3n) is 3.87. The normalized spacial score (nSPS) is 15.6. The van der Waals surface area contributed by atoms with Gasteiger partial charge in [0.1, 0.15) is 5.69 Å². The SMILES string of the molecule is CCOC(=O)N1CCC(NC(=O)c2ccc(NC(C)(C)C)cn2)CC1. The second-order valence-electron chi connectivity index (χ2n) is 7.24. The summed E-state index contributed by atoms with van der Waals surface area (Å²) in [7, 11) is 0. The van der Waals surface area contributed by atoms with Gasteiger partial charge in [0.05, 0.1) is 18.5 Å². The summed E-state index contributed by atoms with van der Waals surface area (Å²) in [6.45, 7) is 9.54.